The molecule has 2 atom stereocenters. The Morgan fingerprint density at radius 1 is 1.11 bits per heavy atom. The van der Waals surface area contributed by atoms with Crippen LogP contribution in [0.4, 0.5) is 0 Å². The van der Waals surface area contributed by atoms with Gasteiger partial charge in [-0.1, -0.05) is 12.2 Å². The lowest BCUT2D eigenvalue weighted by atomic mass is 10.4. The first-order valence-electron chi connectivity index (χ1n) is 4.18. The van der Waals surface area contributed by atoms with Crippen molar-refractivity contribution in [1.82, 2.24) is 0 Å². The van der Waals surface area contributed by atoms with Gasteiger partial charge in [-0.05, 0) is 6.92 Å². The second kappa shape index (κ2) is 6.54. The fraction of sp³-hybridized carbons (Fsp3) is 0.600. The minimum atomic E-state index is -5.38. The lowest BCUT2D eigenvalue weighted by Gasteiger charge is -2.16. The number of phosphoric acid groups is 2. The van der Waals surface area contributed by atoms with Crippen LogP contribution >= 0.6 is 23.2 Å². The second-order valence-electron chi connectivity index (χ2n) is 3.19. The zero-order valence-corrected chi connectivity index (χ0v) is 11.9. The van der Waals surface area contributed by atoms with Crippen LogP contribution in [0.5, 0.6) is 0 Å². The smallest absolute Gasteiger partial charge is 0.364 e. The van der Waals surface area contributed by atoms with Crippen molar-refractivity contribution in [3.8, 4) is 0 Å². The summed E-state index contributed by atoms with van der Waals surface area (Å²) in [5, 5.41) is 0. The second-order valence-corrected chi connectivity index (χ2v) is 7.95. The van der Waals surface area contributed by atoms with Crippen LogP contribution in [-0.2, 0) is 27.1 Å². The highest BCUT2D eigenvalue weighted by molar-refractivity contribution is 7.68. The van der Waals surface area contributed by atoms with Crippen molar-refractivity contribution in [3.05, 3.63) is 12.2 Å². The van der Waals surface area contributed by atoms with Crippen molar-refractivity contribution in [2.45, 2.75) is 6.92 Å². The van der Waals surface area contributed by atoms with E-state index < -0.39 is 29.6 Å². The van der Waals surface area contributed by atoms with E-state index in [0.717, 1.165) is 0 Å². The molecule has 0 bridgehead atoms. The van der Waals surface area contributed by atoms with Gasteiger partial charge in [-0.25, -0.2) is 13.4 Å². The molecular weight excluding hydrogens is 313 g/mol. The fourth-order valence-corrected chi connectivity index (χ4v) is 3.93. The van der Waals surface area contributed by atoms with Crippen LogP contribution in [0.15, 0.2) is 12.2 Å². The van der Waals surface area contributed by atoms with Gasteiger partial charge >= 0.3 is 23.2 Å². The molecule has 0 fully saturated rings. The van der Waals surface area contributed by atoms with Gasteiger partial charge in [0.05, 0.1) is 6.61 Å². The first kappa shape index (κ1) is 18.1. The number of hydrogen-bond donors (Lipinski definition) is 4. The summed E-state index contributed by atoms with van der Waals surface area (Å²) in [6.07, 6.45) is -0.963. The molecule has 0 aromatic rings. The van der Waals surface area contributed by atoms with Gasteiger partial charge in [0, 0.05) is 0 Å². The Hall–Kier alpha value is 0.150. The van der Waals surface area contributed by atoms with Crippen LogP contribution in [0.1, 0.15) is 6.92 Å². The van der Waals surface area contributed by atoms with E-state index in [2.05, 4.69) is 19.9 Å². The van der Waals surface area contributed by atoms with Crippen molar-refractivity contribution in [2.75, 3.05) is 13.0 Å². The van der Waals surface area contributed by atoms with Crippen molar-refractivity contribution in [1.29, 1.82) is 0 Å². The molecule has 2 unspecified atom stereocenters. The molecule has 0 amide bonds. The summed E-state index contributed by atoms with van der Waals surface area (Å²) in [4.78, 5) is 34.4. The first-order chi connectivity index (χ1) is 7.83. The zero-order valence-electron chi connectivity index (χ0n) is 9.20. The van der Waals surface area contributed by atoms with Crippen LogP contribution in [0, 0.1) is 0 Å². The van der Waals surface area contributed by atoms with Crippen LogP contribution < -0.4 is 0 Å². The SMILES string of the molecule is C=C(C)COCP(=O)(O)OP(=O)(O)OP(=O)(O)O. The van der Waals surface area contributed by atoms with Gasteiger partial charge in [-0.2, -0.15) is 4.31 Å². The lowest BCUT2D eigenvalue weighted by molar-refractivity contribution is 0.171. The van der Waals surface area contributed by atoms with Crippen LogP contribution in [0.2, 0.25) is 0 Å². The Morgan fingerprint density at radius 3 is 2.00 bits per heavy atom. The summed E-state index contributed by atoms with van der Waals surface area (Å²) < 4.78 is 44.1. The third-order valence-corrected chi connectivity index (χ3v) is 5.07. The Labute approximate surface area is 103 Å². The molecule has 10 nitrogen and oxygen atoms in total. The Balaban J connectivity index is 4.47. The molecule has 0 saturated carbocycles. The maximum absolute atomic E-state index is 11.2. The van der Waals surface area contributed by atoms with E-state index in [1.54, 1.807) is 6.92 Å². The molecule has 0 aliphatic carbocycles. The first-order valence-corrected chi connectivity index (χ1v) is 8.97. The van der Waals surface area contributed by atoms with Gasteiger partial charge in [0.25, 0.3) is 0 Å². The van der Waals surface area contributed by atoms with Gasteiger partial charge in [-0.3, -0.25) is 4.57 Å². The Bertz CT molecular complexity index is 437. The van der Waals surface area contributed by atoms with Crippen LogP contribution in [0.25, 0.3) is 0 Å². The average molecular weight is 326 g/mol. The highest BCUT2D eigenvalue weighted by atomic mass is 31.3. The van der Waals surface area contributed by atoms with Gasteiger partial charge < -0.3 is 24.3 Å². The fourth-order valence-electron chi connectivity index (χ4n) is 0.669. The topological polar surface area (TPSA) is 160 Å². The summed E-state index contributed by atoms with van der Waals surface area (Å²) in [5.41, 5.74) is 0.522. The summed E-state index contributed by atoms with van der Waals surface area (Å²) in [6.45, 7) is 4.90. The van der Waals surface area contributed by atoms with Crippen molar-refractivity contribution < 1.29 is 46.6 Å². The van der Waals surface area contributed by atoms with Crippen molar-refractivity contribution in [2.24, 2.45) is 0 Å². The molecule has 0 aliphatic heterocycles. The highest BCUT2D eigenvalue weighted by Crippen LogP contribution is 2.65. The average Bonchev–Trinajstić information content (AvgIpc) is 1.93. The predicted molar refractivity (Wildman–Crippen MR) is 59.5 cm³/mol. The number of hydrogen-bond acceptors (Lipinski definition) is 6. The molecule has 18 heavy (non-hydrogen) atoms. The molecule has 108 valence electrons. The van der Waals surface area contributed by atoms with E-state index in [-0.39, 0.29) is 6.61 Å². The summed E-state index contributed by atoms with van der Waals surface area (Å²) in [5.74, 6) is 0. The van der Waals surface area contributed by atoms with E-state index in [4.69, 9.17) is 19.6 Å². The standard InChI is InChI=1S/C5H13O10P3/c1-5(2)3-13-4-16(6,7)14-18(11,12)15-17(8,9)10/h1,3-4H2,2H3,(H,6,7)(H,11,12)(H2,8,9,10). The third kappa shape index (κ3) is 10.1. The molecule has 0 spiro atoms. The molecule has 4 N–H and O–H groups in total. The summed E-state index contributed by atoms with van der Waals surface area (Å²) >= 11 is 0. The van der Waals surface area contributed by atoms with Gasteiger partial charge in [-0.15, -0.1) is 0 Å². The minimum Gasteiger partial charge on any atom is -0.364 e. The Kier molecular flexibility index (Phi) is 6.60. The van der Waals surface area contributed by atoms with Gasteiger partial charge in [0.15, 0.2) is 0 Å². The van der Waals surface area contributed by atoms with Crippen molar-refractivity contribution in [3.63, 3.8) is 0 Å². The number of ether oxygens (including phenoxy) is 1. The summed E-state index contributed by atoms with van der Waals surface area (Å²) in [7, 11) is -15.4. The van der Waals surface area contributed by atoms with E-state index in [9.17, 15) is 13.7 Å². The zero-order chi connectivity index (χ0) is 14.6. The number of rotatable bonds is 8. The molecule has 0 heterocycles. The summed E-state index contributed by atoms with van der Waals surface area (Å²) in [6, 6.07) is 0. The third-order valence-electron chi connectivity index (χ3n) is 1.04. The van der Waals surface area contributed by atoms with E-state index in [1.807, 2.05) is 0 Å². The molecule has 0 aromatic heterocycles. The maximum Gasteiger partial charge on any atom is 0.488 e. The minimum absolute atomic E-state index is 0.0943. The molecule has 13 heteroatoms. The van der Waals surface area contributed by atoms with Crippen molar-refractivity contribution >= 4 is 23.2 Å². The highest BCUT2D eigenvalue weighted by Gasteiger charge is 2.39. The normalized spacial score (nSPS) is 18.9. The van der Waals surface area contributed by atoms with E-state index in [1.165, 1.54) is 0 Å². The molecule has 0 saturated heterocycles. The molecule has 0 aromatic carbocycles. The predicted octanol–water partition coefficient (Wildman–Crippen LogP) is 0.948. The van der Waals surface area contributed by atoms with E-state index >= 15 is 0 Å². The molecular formula is C5H13O10P3. The maximum atomic E-state index is 11.2. The van der Waals surface area contributed by atoms with Crippen LogP contribution in [-0.4, -0.2) is 32.5 Å². The lowest BCUT2D eigenvalue weighted by Crippen LogP contribution is -2.01. The monoisotopic (exact) mass is 326 g/mol. The molecule has 0 radical (unpaired) electrons. The Morgan fingerprint density at radius 2 is 1.61 bits per heavy atom. The largest absolute Gasteiger partial charge is 0.488 e. The van der Waals surface area contributed by atoms with Gasteiger partial charge in [0.2, 0.25) is 0 Å². The van der Waals surface area contributed by atoms with Gasteiger partial charge in [0.1, 0.15) is 6.35 Å². The molecule has 0 rings (SSSR count). The molecule has 0 aliphatic rings. The van der Waals surface area contributed by atoms with E-state index in [0.29, 0.717) is 5.57 Å². The quantitative estimate of drug-likeness (QED) is 0.373. The van der Waals surface area contributed by atoms with Crippen LogP contribution in [0.3, 0.4) is 0 Å².